The lowest BCUT2D eigenvalue weighted by molar-refractivity contribution is -0.293. The number of unbranched alkanes of at least 4 members (excludes halogenated alkanes) is 4. The molecule has 6 amide bonds. The summed E-state index contributed by atoms with van der Waals surface area (Å²) >= 11 is 0. The van der Waals surface area contributed by atoms with Gasteiger partial charge in [-0.3, -0.25) is 14.4 Å². The zero-order valence-corrected chi connectivity index (χ0v) is 35.4. The third-order valence-corrected chi connectivity index (χ3v) is 10.6. The summed E-state index contributed by atoms with van der Waals surface area (Å²) in [4.78, 5) is 65.3. The molecular weight excluding hydrogens is 898 g/mol. The van der Waals surface area contributed by atoms with E-state index in [-0.39, 0.29) is 17.8 Å². The lowest BCUT2D eigenvalue weighted by Crippen LogP contribution is -2.71. The van der Waals surface area contributed by atoms with Crippen molar-refractivity contribution in [2.24, 2.45) is 0 Å². The zero-order chi connectivity index (χ0) is 48.8. The smallest absolute Gasteiger partial charge is 0.416 e. The van der Waals surface area contributed by atoms with Crippen LogP contribution in [0.3, 0.4) is 0 Å². The minimum Gasteiger partial charge on any atom is -0.481 e. The molecule has 0 spiro atoms. The van der Waals surface area contributed by atoms with Crippen LogP contribution in [-0.4, -0.2) is 136 Å². The largest absolute Gasteiger partial charge is 0.481 e. The molecule has 0 bridgehead atoms. The van der Waals surface area contributed by atoms with Crippen molar-refractivity contribution < 1.29 is 90.1 Å². The molecule has 11 N–H and O–H groups in total. The molecule has 2 aliphatic rings. The maximum atomic E-state index is 14.0. The van der Waals surface area contributed by atoms with Crippen LogP contribution >= 0.6 is 0 Å². The van der Waals surface area contributed by atoms with Gasteiger partial charge in [0.1, 0.15) is 42.6 Å². The topological polar surface area (TPSA) is 286 Å². The molecule has 66 heavy (non-hydrogen) atoms. The average molecular weight is 953 g/mol. The normalized spacial score (nSPS) is 24.9. The number of alkyl halides is 6. The number of urea groups is 2. The van der Waals surface area contributed by atoms with E-state index < -0.39 is 147 Å². The lowest BCUT2D eigenvalue weighted by Gasteiger charge is -2.47. The molecule has 19 nitrogen and oxygen atoms in total. The number of hydrogen-bond donors (Lipinski definition) is 11. The second-order valence-electron chi connectivity index (χ2n) is 15.6. The van der Waals surface area contributed by atoms with E-state index >= 15 is 0 Å². The molecule has 0 saturated carbocycles. The van der Waals surface area contributed by atoms with Gasteiger partial charge in [0.05, 0.1) is 43.0 Å². The summed E-state index contributed by atoms with van der Waals surface area (Å²) in [6.07, 6.45) is -17.6. The number of carbonyl (C=O) groups excluding carboxylic acids is 4. The first-order chi connectivity index (χ1) is 31.1. The van der Waals surface area contributed by atoms with Gasteiger partial charge in [0.15, 0.2) is 6.29 Å². The van der Waals surface area contributed by atoms with Crippen LogP contribution in [-0.2, 0) is 40.9 Å². The molecule has 2 saturated heterocycles. The van der Waals surface area contributed by atoms with Gasteiger partial charge in [-0.25, -0.2) is 9.59 Å². The minimum atomic E-state index is -4.80. The molecule has 2 heterocycles. The third kappa shape index (κ3) is 15.7. The highest BCUT2D eigenvalue weighted by atomic mass is 19.4. The van der Waals surface area contributed by atoms with Crippen molar-refractivity contribution in [1.29, 1.82) is 0 Å². The molecule has 2 fully saturated rings. The number of aliphatic carboxylic acids is 1. The van der Waals surface area contributed by atoms with Crippen LogP contribution in [0.25, 0.3) is 0 Å². The van der Waals surface area contributed by atoms with Crippen LogP contribution in [0, 0.1) is 0 Å². The van der Waals surface area contributed by atoms with Crippen molar-refractivity contribution in [3.05, 3.63) is 59.7 Å². The predicted octanol–water partition coefficient (Wildman–Crippen LogP) is 2.81. The van der Waals surface area contributed by atoms with E-state index in [4.69, 9.17) is 14.2 Å². The number of carboxylic acid groups (broad SMARTS) is 1. The fourth-order valence-corrected chi connectivity index (χ4v) is 7.20. The number of rotatable bonds is 20. The van der Waals surface area contributed by atoms with Gasteiger partial charge < -0.3 is 71.6 Å². The first-order valence-corrected chi connectivity index (χ1v) is 21.0. The number of aliphatic hydroxyl groups is 4. The number of benzene rings is 2. The second-order valence-corrected chi connectivity index (χ2v) is 15.6. The summed E-state index contributed by atoms with van der Waals surface area (Å²) in [7, 11) is 0. The second kappa shape index (κ2) is 24.5. The molecule has 2 aliphatic heterocycles. The molecule has 2 aromatic carbocycles. The zero-order valence-electron chi connectivity index (χ0n) is 35.4. The minimum absolute atomic E-state index is 0.0138. The SMILES string of the molecule is CCCCCCCC(=O)NC(CCC(=O)O)C(=O)N[C@H]1C(CO)OCC(NC(=O)Nc2cccc(C(F)(F)F)c2)C1O[C@@H]1OC(CO)[C@@H](O)C(O)C1NC(=O)Nc1cccc(C(F)(F)F)c1. The summed E-state index contributed by atoms with van der Waals surface area (Å²) < 4.78 is 98.3. The van der Waals surface area contributed by atoms with E-state index in [1.165, 1.54) is 0 Å². The van der Waals surface area contributed by atoms with Gasteiger partial charge in [-0.05, 0) is 49.2 Å². The van der Waals surface area contributed by atoms with Gasteiger partial charge in [0.2, 0.25) is 11.8 Å². The fourth-order valence-electron chi connectivity index (χ4n) is 7.20. The van der Waals surface area contributed by atoms with Crippen LogP contribution in [0.2, 0.25) is 0 Å². The number of amides is 6. The number of aliphatic hydroxyl groups excluding tert-OH is 4. The van der Waals surface area contributed by atoms with Gasteiger partial charge in [0.25, 0.3) is 0 Å². The van der Waals surface area contributed by atoms with Crippen LogP contribution < -0.4 is 31.9 Å². The molecule has 0 aliphatic carbocycles. The highest BCUT2D eigenvalue weighted by Crippen LogP contribution is 2.33. The molecule has 2 aromatic rings. The van der Waals surface area contributed by atoms with Gasteiger partial charge in [-0.2, -0.15) is 26.3 Å². The van der Waals surface area contributed by atoms with Crippen molar-refractivity contribution >= 4 is 41.2 Å². The number of nitrogens with one attached hydrogen (secondary N) is 6. The van der Waals surface area contributed by atoms with E-state index in [0.29, 0.717) is 25.0 Å². The van der Waals surface area contributed by atoms with Crippen LogP contribution in [0.5, 0.6) is 0 Å². The Balaban J connectivity index is 1.69. The number of ether oxygens (including phenoxy) is 3. The first kappa shape index (κ1) is 53.3. The van der Waals surface area contributed by atoms with Crippen molar-refractivity contribution in [3.63, 3.8) is 0 Å². The van der Waals surface area contributed by atoms with Crippen molar-refractivity contribution in [1.82, 2.24) is 21.3 Å². The van der Waals surface area contributed by atoms with Gasteiger partial charge in [0, 0.05) is 24.2 Å². The van der Waals surface area contributed by atoms with E-state index in [1.807, 2.05) is 6.92 Å². The first-order valence-electron chi connectivity index (χ1n) is 21.0. The number of hydrogen-bond acceptors (Lipinski definition) is 12. The molecule has 4 rings (SSSR count). The van der Waals surface area contributed by atoms with Crippen molar-refractivity contribution in [2.45, 2.75) is 132 Å². The quantitative estimate of drug-likeness (QED) is 0.0674. The summed E-state index contributed by atoms with van der Waals surface area (Å²) in [5.74, 6) is -2.95. The van der Waals surface area contributed by atoms with Gasteiger partial charge >= 0.3 is 30.4 Å². The Labute approximate surface area is 373 Å². The average Bonchev–Trinajstić information content (AvgIpc) is 3.25. The number of carbonyl (C=O) groups is 5. The molecular formula is C41H54F6N6O13. The monoisotopic (exact) mass is 952 g/mol. The Morgan fingerprint density at radius 3 is 1.88 bits per heavy atom. The Hall–Kier alpha value is -5.31. The number of anilines is 2. The molecule has 0 aromatic heterocycles. The van der Waals surface area contributed by atoms with Crippen molar-refractivity contribution in [2.75, 3.05) is 30.5 Å². The summed E-state index contributed by atoms with van der Waals surface area (Å²) in [5, 5.41) is 66.1. The van der Waals surface area contributed by atoms with E-state index in [0.717, 1.165) is 55.7 Å². The maximum absolute atomic E-state index is 14.0. The molecule has 368 valence electrons. The highest BCUT2D eigenvalue weighted by molar-refractivity contribution is 5.91. The van der Waals surface area contributed by atoms with Crippen LogP contribution in [0.1, 0.15) is 69.4 Å². The van der Waals surface area contributed by atoms with Crippen LogP contribution in [0.15, 0.2) is 48.5 Å². The highest BCUT2D eigenvalue weighted by Gasteiger charge is 2.51. The standard InChI is InChI=1S/C41H54F6N6O13/c1-2-3-4-5-6-13-29(56)50-25(14-15-30(57)58)36(61)52-31-27(18-54)64-20-26(51-38(62)48-23-11-7-9-21(16-23)40(42,43)44)35(31)66-37-32(34(60)33(59)28(19-55)65-37)53-39(63)49-24-12-8-10-22(17-24)41(45,46)47/h7-12,16-17,25-28,31-35,37,54-55,59-60H,2-6,13-15,18-20H2,1H3,(H,50,56)(H,52,61)(H,57,58)(H2,48,51,62)(H2,49,53,63)/t25?,26?,27?,28?,31-,32?,33+,34?,35?,37-/m0/s1. The van der Waals surface area contributed by atoms with Gasteiger partial charge in [-0.1, -0.05) is 44.7 Å². The molecule has 7 unspecified atom stereocenters. The summed E-state index contributed by atoms with van der Waals surface area (Å²) in [5.41, 5.74) is -2.93. The van der Waals surface area contributed by atoms with Gasteiger partial charge in [-0.15, -0.1) is 0 Å². The summed E-state index contributed by atoms with van der Waals surface area (Å²) in [6, 6.07) is -1.98. The Kier molecular flexibility index (Phi) is 19.8. The molecule has 0 radical (unpaired) electrons. The Morgan fingerprint density at radius 2 is 1.33 bits per heavy atom. The van der Waals surface area contributed by atoms with E-state index in [2.05, 4.69) is 31.9 Å². The third-order valence-electron chi connectivity index (χ3n) is 10.6. The summed E-state index contributed by atoms with van der Waals surface area (Å²) in [6.45, 7) is -0.431. The molecule has 25 heteroatoms. The lowest BCUT2D eigenvalue weighted by atomic mass is 9.93. The van der Waals surface area contributed by atoms with E-state index in [9.17, 15) is 75.8 Å². The molecule has 10 atom stereocenters. The van der Waals surface area contributed by atoms with E-state index in [1.54, 1.807) is 0 Å². The Bertz CT molecular complexity index is 1950. The number of carboxylic acids is 1. The number of halogens is 6. The fraction of sp³-hybridized carbons (Fsp3) is 0.585. The Morgan fingerprint density at radius 1 is 0.758 bits per heavy atom. The van der Waals surface area contributed by atoms with Crippen molar-refractivity contribution in [3.8, 4) is 0 Å². The van der Waals surface area contributed by atoms with Crippen LogP contribution in [0.4, 0.5) is 47.3 Å². The maximum Gasteiger partial charge on any atom is 0.416 e. The predicted molar refractivity (Wildman–Crippen MR) is 218 cm³/mol.